The zero-order valence-corrected chi connectivity index (χ0v) is 7.79. The van der Waals surface area contributed by atoms with Gasteiger partial charge in [0.2, 0.25) is 5.91 Å². The van der Waals surface area contributed by atoms with Gasteiger partial charge in [-0.25, -0.2) is 0 Å². The highest BCUT2D eigenvalue weighted by Gasteiger charge is 2.37. The molecule has 0 spiro atoms. The Bertz CT molecular complexity index is 203. The zero-order chi connectivity index (χ0) is 8.72. The molecule has 2 aliphatic heterocycles. The van der Waals surface area contributed by atoms with Gasteiger partial charge in [0.25, 0.3) is 0 Å². The van der Waals surface area contributed by atoms with Crippen LogP contribution in [-0.2, 0) is 4.79 Å². The zero-order valence-electron chi connectivity index (χ0n) is 7.79. The van der Waals surface area contributed by atoms with Crippen LogP contribution in [0, 0.1) is 0 Å². The molecule has 1 atom stereocenters. The molecule has 2 fully saturated rings. The van der Waals surface area contributed by atoms with E-state index in [0.29, 0.717) is 24.5 Å². The minimum atomic E-state index is 0.317. The van der Waals surface area contributed by atoms with Gasteiger partial charge in [0.05, 0.1) is 6.54 Å². The van der Waals surface area contributed by atoms with E-state index in [1.807, 2.05) is 4.90 Å². The SMILES string of the molecule is CC(C)N1CC(=O)N2CCC1C2. The number of amides is 1. The molecule has 0 aromatic heterocycles. The maximum atomic E-state index is 11.5. The molecule has 0 aromatic carbocycles. The summed E-state index contributed by atoms with van der Waals surface area (Å²) >= 11 is 0. The van der Waals surface area contributed by atoms with Crippen molar-refractivity contribution in [2.24, 2.45) is 0 Å². The minimum absolute atomic E-state index is 0.317. The first-order chi connectivity index (χ1) is 5.68. The van der Waals surface area contributed by atoms with Gasteiger partial charge in [-0.05, 0) is 20.3 Å². The second-order valence-corrected chi connectivity index (χ2v) is 4.05. The Hall–Kier alpha value is -0.570. The highest BCUT2D eigenvalue weighted by Crippen LogP contribution is 2.22. The monoisotopic (exact) mass is 168 g/mol. The van der Waals surface area contributed by atoms with Gasteiger partial charge in [0.15, 0.2) is 0 Å². The van der Waals surface area contributed by atoms with Crippen LogP contribution in [0.2, 0.25) is 0 Å². The molecule has 2 aliphatic rings. The lowest BCUT2D eigenvalue weighted by molar-refractivity contribution is -0.135. The van der Waals surface area contributed by atoms with Crippen LogP contribution in [0.3, 0.4) is 0 Å². The lowest BCUT2D eigenvalue weighted by atomic mass is 10.1. The van der Waals surface area contributed by atoms with E-state index in [9.17, 15) is 4.79 Å². The number of rotatable bonds is 1. The van der Waals surface area contributed by atoms with Gasteiger partial charge in [0.1, 0.15) is 0 Å². The maximum absolute atomic E-state index is 11.5. The van der Waals surface area contributed by atoms with Crippen molar-refractivity contribution < 1.29 is 4.79 Å². The molecule has 0 aromatic rings. The van der Waals surface area contributed by atoms with Crippen LogP contribution in [0.25, 0.3) is 0 Å². The van der Waals surface area contributed by atoms with E-state index in [2.05, 4.69) is 18.7 Å². The smallest absolute Gasteiger partial charge is 0.236 e. The van der Waals surface area contributed by atoms with E-state index in [4.69, 9.17) is 0 Å². The first-order valence-electron chi connectivity index (χ1n) is 4.72. The van der Waals surface area contributed by atoms with Gasteiger partial charge in [-0.15, -0.1) is 0 Å². The van der Waals surface area contributed by atoms with E-state index in [1.165, 1.54) is 6.42 Å². The van der Waals surface area contributed by atoms with Crippen LogP contribution in [0.5, 0.6) is 0 Å². The van der Waals surface area contributed by atoms with Crippen LogP contribution in [0.4, 0.5) is 0 Å². The summed E-state index contributed by atoms with van der Waals surface area (Å²) in [6.07, 6.45) is 1.17. The van der Waals surface area contributed by atoms with E-state index >= 15 is 0 Å². The van der Waals surface area contributed by atoms with Crippen molar-refractivity contribution >= 4 is 5.91 Å². The van der Waals surface area contributed by atoms with Crippen molar-refractivity contribution in [3.63, 3.8) is 0 Å². The quantitative estimate of drug-likeness (QED) is 0.562. The molecular formula is C9H16N2O. The summed E-state index contributed by atoms with van der Waals surface area (Å²) in [5.41, 5.74) is 0. The van der Waals surface area contributed by atoms with E-state index in [-0.39, 0.29) is 0 Å². The summed E-state index contributed by atoms with van der Waals surface area (Å²) in [5.74, 6) is 0.317. The first-order valence-corrected chi connectivity index (χ1v) is 4.72. The van der Waals surface area contributed by atoms with Gasteiger partial charge >= 0.3 is 0 Å². The molecule has 2 bridgehead atoms. The Kier molecular flexibility index (Phi) is 1.83. The highest BCUT2D eigenvalue weighted by molar-refractivity contribution is 5.79. The molecule has 0 N–H and O–H groups in total. The molecule has 2 saturated heterocycles. The number of fused-ring (bicyclic) bond motifs is 2. The molecule has 3 heteroatoms. The van der Waals surface area contributed by atoms with E-state index in [0.717, 1.165) is 13.1 Å². The first kappa shape index (κ1) is 8.05. The molecule has 68 valence electrons. The number of nitrogens with zero attached hydrogens (tertiary/aromatic N) is 2. The van der Waals surface area contributed by atoms with Crippen molar-refractivity contribution in [1.29, 1.82) is 0 Å². The number of hydrogen-bond donors (Lipinski definition) is 0. The summed E-state index contributed by atoms with van der Waals surface area (Å²) in [7, 11) is 0. The maximum Gasteiger partial charge on any atom is 0.236 e. The third-order valence-electron chi connectivity index (χ3n) is 2.97. The fraction of sp³-hybridized carbons (Fsp3) is 0.889. The average molecular weight is 168 g/mol. The van der Waals surface area contributed by atoms with E-state index < -0.39 is 0 Å². The molecule has 0 aliphatic carbocycles. The summed E-state index contributed by atoms with van der Waals surface area (Å²) in [6, 6.07) is 1.15. The van der Waals surface area contributed by atoms with Gasteiger partial charge in [-0.3, -0.25) is 9.69 Å². The Morgan fingerprint density at radius 2 is 2.25 bits per heavy atom. The molecule has 12 heavy (non-hydrogen) atoms. The van der Waals surface area contributed by atoms with Crippen molar-refractivity contribution in [1.82, 2.24) is 9.80 Å². The molecular weight excluding hydrogens is 152 g/mol. The largest absolute Gasteiger partial charge is 0.340 e. The van der Waals surface area contributed by atoms with Crippen molar-refractivity contribution in [3.05, 3.63) is 0 Å². The Morgan fingerprint density at radius 3 is 2.92 bits per heavy atom. The van der Waals surface area contributed by atoms with Crippen molar-refractivity contribution in [2.45, 2.75) is 32.4 Å². The second kappa shape index (κ2) is 2.73. The third kappa shape index (κ3) is 1.12. The number of hydrogen-bond acceptors (Lipinski definition) is 2. The van der Waals surface area contributed by atoms with Gasteiger partial charge in [0, 0.05) is 25.2 Å². The average Bonchev–Trinajstić information content (AvgIpc) is 2.42. The fourth-order valence-corrected chi connectivity index (χ4v) is 2.23. The van der Waals surface area contributed by atoms with Crippen molar-refractivity contribution in [3.8, 4) is 0 Å². The Morgan fingerprint density at radius 1 is 1.50 bits per heavy atom. The van der Waals surface area contributed by atoms with Gasteiger partial charge in [-0.1, -0.05) is 0 Å². The standard InChI is InChI=1S/C9H16N2O/c1-7(2)11-6-9(12)10-4-3-8(11)5-10/h7-8H,3-6H2,1-2H3. The minimum Gasteiger partial charge on any atom is -0.340 e. The highest BCUT2D eigenvalue weighted by atomic mass is 16.2. The van der Waals surface area contributed by atoms with Crippen LogP contribution in [0.15, 0.2) is 0 Å². The van der Waals surface area contributed by atoms with Crippen LogP contribution in [-0.4, -0.2) is 47.4 Å². The summed E-state index contributed by atoms with van der Waals surface area (Å²) in [6.45, 7) is 6.93. The lowest BCUT2D eigenvalue weighted by Crippen LogP contribution is -2.52. The van der Waals surface area contributed by atoms with Crippen LogP contribution < -0.4 is 0 Å². The summed E-state index contributed by atoms with van der Waals surface area (Å²) < 4.78 is 0. The predicted molar refractivity (Wildman–Crippen MR) is 46.8 cm³/mol. The van der Waals surface area contributed by atoms with Crippen molar-refractivity contribution in [2.75, 3.05) is 19.6 Å². The second-order valence-electron chi connectivity index (χ2n) is 4.05. The molecule has 1 unspecified atom stereocenters. The Balaban J connectivity index is 2.12. The fourth-order valence-electron chi connectivity index (χ4n) is 2.23. The van der Waals surface area contributed by atoms with E-state index in [1.54, 1.807) is 0 Å². The molecule has 1 amide bonds. The third-order valence-corrected chi connectivity index (χ3v) is 2.97. The topological polar surface area (TPSA) is 23.6 Å². The molecule has 3 nitrogen and oxygen atoms in total. The van der Waals surface area contributed by atoms with Gasteiger partial charge in [-0.2, -0.15) is 0 Å². The number of piperazine rings is 1. The molecule has 0 saturated carbocycles. The van der Waals surface area contributed by atoms with Crippen LogP contribution >= 0.6 is 0 Å². The van der Waals surface area contributed by atoms with Gasteiger partial charge < -0.3 is 4.90 Å². The normalized spacial score (nSPS) is 30.4. The molecule has 0 radical (unpaired) electrons. The predicted octanol–water partition coefficient (Wildman–Crippen LogP) is 0.311. The van der Waals surface area contributed by atoms with Crippen LogP contribution in [0.1, 0.15) is 20.3 Å². The Labute approximate surface area is 73.3 Å². The summed E-state index contributed by atoms with van der Waals surface area (Å²) in [4.78, 5) is 15.8. The number of carbonyl (C=O) groups excluding carboxylic acids is 1. The molecule has 2 heterocycles. The lowest BCUT2D eigenvalue weighted by Gasteiger charge is -2.36. The summed E-state index contributed by atoms with van der Waals surface area (Å²) in [5, 5.41) is 0. The molecule has 2 rings (SSSR count). The number of carbonyl (C=O) groups is 1.